The Morgan fingerprint density at radius 3 is 2.81 bits per heavy atom. The maximum atomic E-state index is 12.5. The fraction of sp³-hybridized carbons (Fsp3) is 0.444. The summed E-state index contributed by atoms with van der Waals surface area (Å²) in [5.41, 5.74) is 8.65. The molecule has 3 atom stereocenters. The third-order valence-electron chi connectivity index (χ3n) is 6.61. The molecule has 0 aliphatic carbocycles. The number of unbranched alkanes of at least 4 members (excludes halogenated alkanes) is 3. The van der Waals surface area contributed by atoms with Crippen molar-refractivity contribution in [2.45, 2.75) is 63.9 Å². The van der Waals surface area contributed by atoms with E-state index in [4.69, 9.17) is 19.8 Å². The fourth-order valence-electron chi connectivity index (χ4n) is 4.58. The number of nitrogens with two attached hydrogens (primary N) is 1. The molecule has 42 heavy (non-hydrogen) atoms. The van der Waals surface area contributed by atoms with E-state index in [9.17, 15) is 19.1 Å². The van der Waals surface area contributed by atoms with Crippen LogP contribution in [0.2, 0.25) is 0 Å². The maximum Gasteiger partial charge on any atom is 0.469 e. The van der Waals surface area contributed by atoms with Gasteiger partial charge in [-0.3, -0.25) is 13.9 Å². The highest BCUT2D eigenvalue weighted by Crippen LogP contribution is 2.44. The topological polar surface area (TPSA) is 196 Å². The van der Waals surface area contributed by atoms with E-state index < -0.39 is 32.2 Å². The van der Waals surface area contributed by atoms with Crippen LogP contribution in [0.15, 0.2) is 53.7 Å². The van der Waals surface area contributed by atoms with Gasteiger partial charge < -0.3 is 30.4 Å². The fourth-order valence-corrected chi connectivity index (χ4v) is 5.16. The predicted molar refractivity (Wildman–Crippen MR) is 156 cm³/mol. The van der Waals surface area contributed by atoms with Crippen LogP contribution in [-0.4, -0.2) is 66.8 Å². The van der Waals surface area contributed by atoms with Gasteiger partial charge in [0.25, 0.3) is 5.91 Å². The molecule has 15 heteroatoms. The second-order valence-corrected chi connectivity index (χ2v) is 11.0. The first-order valence-electron chi connectivity index (χ1n) is 13.7. The summed E-state index contributed by atoms with van der Waals surface area (Å²) in [6.07, 6.45) is 9.11. The lowest BCUT2D eigenvalue weighted by atomic mass is 10.0. The number of hydrogen-bond donors (Lipinski definition) is 4. The Morgan fingerprint density at radius 1 is 1.24 bits per heavy atom. The molecule has 14 nitrogen and oxygen atoms in total. The van der Waals surface area contributed by atoms with Gasteiger partial charge >= 0.3 is 7.82 Å². The highest BCUT2D eigenvalue weighted by molar-refractivity contribution is 7.46. The summed E-state index contributed by atoms with van der Waals surface area (Å²) in [5, 5.41) is 6.63. The molecule has 0 saturated carbocycles. The van der Waals surface area contributed by atoms with Gasteiger partial charge in [-0.1, -0.05) is 67.7 Å². The molecule has 0 spiro atoms. The van der Waals surface area contributed by atoms with Crippen LogP contribution < -0.4 is 11.1 Å². The summed E-state index contributed by atoms with van der Waals surface area (Å²) in [6, 6.07) is 9.89. The van der Waals surface area contributed by atoms with E-state index in [1.807, 2.05) is 36.4 Å². The van der Waals surface area contributed by atoms with E-state index in [0.717, 1.165) is 36.8 Å². The Morgan fingerprint density at radius 2 is 2.05 bits per heavy atom. The van der Waals surface area contributed by atoms with Crippen molar-refractivity contribution in [1.29, 1.82) is 0 Å². The first-order valence-corrected chi connectivity index (χ1v) is 15.3. The number of oxime groups is 1. The molecule has 3 heterocycles. The van der Waals surface area contributed by atoms with Crippen LogP contribution in [0.5, 0.6) is 0 Å². The molecule has 1 aliphatic rings. The van der Waals surface area contributed by atoms with Gasteiger partial charge in [0.2, 0.25) is 0 Å². The number of amides is 1. The molecular formula is C27H36N7O7P. The molecule has 1 fully saturated rings. The average molecular weight is 602 g/mol. The zero-order chi connectivity index (χ0) is 30.0. The summed E-state index contributed by atoms with van der Waals surface area (Å²) in [4.78, 5) is 48.8. The minimum atomic E-state index is -4.84. The number of carbonyl (C=O) groups is 1. The number of carbonyl (C=O) groups excluding carboxylic acids is 1. The number of phosphoric ester groups is 1. The average Bonchev–Trinajstić information content (AvgIpc) is 3.56. The normalized spacial score (nSPS) is 19.5. The van der Waals surface area contributed by atoms with Gasteiger partial charge in [0.1, 0.15) is 30.3 Å². The Labute approximate surface area is 243 Å². The molecule has 1 aromatic carbocycles. The number of anilines is 1. The standard InChI is InChI=1S/C27H36N7O7P/c1-2-3-4-6-11-20(12-19-9-7-5-8-10-19)14-33-39-16-23(35)29-15-22-21(41-42(36,37)38)13-24(40-22)34-18-32-25-26(28)30-17-31-27(25)34/h5,7-10,12,14,17-18,21-22,24H,2-4,6,11,13,15-16H2,1H3,(H,29,35)(H2,28,30,31)(H2,36,37,38)/b20-12+,33-14+/t21-,22+,24+/m0/s1. The van der Waals surface area contributed by atoms with Crippen molar-refractivity contribution in [3.63, 3.8) is 0 Å². The first kappa shape index (κ1) is 31.3. The third-order valence-corrected chi connectivity index (χ3v) is 7.16. The Kier molecular flexibility index (Phi) is 11.2. The van der Waals surface area contributed by atoms with Crippen LogP contribution in [0.3, 0.4) is 0 Å². The molecule has 226 valence electrons. The molecule has 2 aromatic heterocycles. The smallest absolute Gasteiger partial charge is 0.386 e. The van der Waals surface area contributed by atoms with E-state index in [1.54, 1.807) is 10.8 Å². The first-order chi connectivity index (χ1) is 20.2. The van der Waals surface area contributed by atoms with Gasteiger partial charge in [0.15, 0.2) is 18.1 Å². The highest BCUT2D eigenvalue weighted by Gasteiger charge is 2.41. The van der Waals surface area contributed by atoms with Crippen LogP contribution in [0, 0.1) is 0 Å². The van der Waals surface area contributed by atoms with Crippen LogP contribution >= 0.6 is 7.82 Å². The Balaban J connectivity index is 1.32. The lowest BCUT2D eigenvalue weighted by Crippen LogP contribution is -2.39. The van der Waals surface area contributed by atoms with Crippen molar-refractivity contribution in [1.82, 2.24) is 24.8 Å². The van der Waals surface area contributed by atoms with Gasteiger partial charge in [-0.05, 0) is 24.0 Å². The number of nitrogens with zero attached hydrogens (tertiary/aromatic N) is 5. The highest BCUT2D eigenvalue weighted by atomic mass is 31.2. The quantitative estimate of drug-likeness (QED) is 0.0863. The van der Waals surface area contributed by atoms with Gasteiger partial charge in [-0.2, -0.15) is 0 Å². The van der Waals surface area contributed by atoms with E-state index in [2.05, 4.69) is 32.3 Å². The van der Waals surface area contributed by atoms with Crippen molar-refractivity contribution in [3.8, 4) is 0 Å². The largest absolute Gasteiger partial charge is 0.469 e. The second-order valence-electron chi connectivity index (χ2n) is 9.83. The zero-order valence-corrected chi connectivity index (χ0v) is 24.2. The number of rotatable bonds is 15. The van der Waals surface area contributed by atoms with Crippen molar-refractivity contribution in [2.75, 3.05) is 18.9 Å². The van der Waals surface area contributed by atoms with Crippen molar-refractivity contribution >= 4 is 43.0 Å². The number of hydrogen-bond acceptors (Lipinski definition) is 10. The minimum absolute atomic E-state index is 0.0661. The molecule has 0 radical (unpaired) electrons. The third kappa shape index (κ3) is 9.16. The van der Waals surface area contributed by atoms with Gasteiger partial charge in [-0.15, -0.1) is 0 Å². The van der Waals surface area contributed by atoms with Gasteiger partial charge in [0, 0.05) is 13.0 Å². The van der Waals surface area contributed by atoms with E-state index in [1.165, 1.54) is 19.1 Å². The lowest BCUT2D eigenvalue weighted by molar-refractivity contribution is -0.126. The number of aromatic nitrogens is 4. The predicted octanol–water partition coefficient (Wildman–Crippen LogP) is 3.35. The molecule has 0 unspecified atom stereocenters. The number of nitrogen functional groups attached to an aromatic ring is 1. The Bertz CT molecular complexity index is 1430. The molecular weight excluding hydrogens is 565 g/mol. The molecule has 1 saturated heterocycles. The van der Waals surface area contributed by atoms with E-state index >= 15 is 0 Å². The SMILES string of the molecule is CCCCCCC(/C=N/OCC(=O)NC[C@H]1O[C@@H](n2cnc3c(N)ncnc32)C[C@@H]1OP(=O)(O)O)=C\c1ccccc1. The number of allylic oxidation sites excluding steroid dienone is 1. The molecule has 0 bridgehead atoms. The second kappa shape index (κ2) is 15.0. The van der Waals surface area contributed by atoms with Crippen LogP contribution in [0.1, 0.15) is 57.2 Å². The summed E-state index contributed by atoms with van der Waals surface area (Å²) in [5.74, 6) is -0.301. The summed E-state index contributed by atoms with van der Waals surface area (Å²) < 4.78 is 24.1. The number of nitrogens with one attached hydrogen (secondary N) is 1. The number of benzene rings is 1. The molecule has 5 N–H and O–H groups in total. The van der Waals surface area contributed by atoms with E-state index in [-0.39, 0.29) is 25.4 Å². The lowest BCUT2D eigenvalue weighted by Gasteiger charge is -2.19. The van der Waals surface area contributed by atoms with Crippen molar-refractivity contribution in [2.24, 2.45) is 5.16 Å². The van der Waals surface area contributed by atoms with Crippen molar-refractivity contribution < 1.29 is 33.2 Å². The number of fused-ring (bicyclic) bond motifs is 1. The maximum absolute atomic E-state index is 12.5. The van der Waals surface area contributed by atoms with E-state index in [0.29, 0.717) is 11.2 Å². The van der Waals surface area contributed by atoms with Crippen LogP contribution in [-0.2, 0) is 23.5 Å². The molecule has 1 amide bonds. The summed E-state index contributed by atoms with van der Waals surface area (Å²) in [6.45, 7) is 1.72. The number of ether oxygens (including phenoxy) is 1. The van der Waals surface area contributed by atoms with Crippen LogP contribution in [0.25, 0.3) is 17.2 Å². The number of phosphoric acid groups is 1. The minimum Gasteiger partial charge on any atom is -0.386 e. The van der Waals surface area contributed by atoms with Gasteiger partial charge in [0.05, 0.1) is 12.5 Å². The Hall–Kier alpha value is -3.68. The number of imidazole rings is 1. The monoisotopic (exact) mass is 601 g/mol. The van der Waals surface area contributed by atoms with Gasteiger partial charge in [-0.25, -0.2) is 19.5 Å². The van der Waals surface area contributed by atoms with Crippen molar-refractivity contribution in [3.05, 3.63) is 54.1 Å². The summed E-state index contributed by atoms with van der Waals surface area (Å²) >= 11 is 0. The molecule has 3 aromatic rings. The molecule has 4 rings (SSSR count). The molecule has 1 aliphatic heterocycles. The zero-order valence-electron chi connectivity index (χ0n) is 23.3. The van der Waals surface area contributed by atoms with Crippen LogP contribution in [0.4, 0.5) is 5.82 Å². The summed E-state index contributed by atoms with van der Waals surface area (Å²) in [7, 11) is -4.84.